The molecule has 0 amide bonds. The van der Waals surface area contributed by atoms with E-state index in [2.05, 4.69) is 53.2 Å². The zero-order chi connectivity index (χ0) is 18.0. The fourth-order valence-corrected chi connectivity index (χ4v) is 4.51. The number of ether oxygens (including phenoxy) is 2. The molecule has 2 saturated heterocycles. The predicted octanol–water partition coefficient (Wildman–Crippen LogP) is 3.39. The van der Waals surface area contributed by atoms with Crippen molar-refractivity contribution in [1.82, 2.24) is 9.80 Å². The Morgan fingerprint density at radius 1 is 1.08 bits per heavy atom. The van der Waals surface area contributed by atoms with E-state index in [1.54, 1.807) is 7.11 Å². The van der Waals surface area contributed by atoms with E-state index in [4.69, 9.17) is 9.47 Å². The summed E-state index contributed by atoms with van der Waals surface area (Å²) in [5.41, 5.74) is 1.94. The van der Waals surface area contributed by atoms with Gasteiger partial charge in [0.05, 0.1) is 7.11 Å². The van der Waals surface area contributed by atoms with E-state index in [0.717, 1.165) is 38.6 Å². The van der Waals surface area contributed by atoms with Crippen molar-refractivity contribution in [2.75, 3.05) is 53.6 Å². The summed E-state index contributed by atoms with van der Waals surface area (Å²) in [7, 11) is 3.97. The van der Waals surface area contributed by atoms with Gasteiger partial charge < -0.3 is 19.3 Å². The number of rotatable bonds is 6. The van der Waals surface area contributed by atoms with Crippen LogP contribution in [0.4, 0.5) is 0 Å². The fraction of sp³-hybridized carbons (Fsp3) is 0.545. The fourth-order valence-electron chi connectivity index (χ4n) is 4.51. The van der Waals surface area contributed by atoms with Gasteiger partial charge in [0.25, 0.3) is 0 Å². The van der Waals surface area contributed by atoms with E-state index in [0.29, 0.717) is 5.41 Å². The Hall–Kier alpha value is -1.62. The summed E-state index contributed by atoms with van der Waals surface area (Å²) in [4.78, 5) is 5.04. The van der Waals surface area contributed by atoms with Crippen molar-refractivity contribution < 1.29 is 9.47 Å². The van der Waals surface area contributed by atoms with Crippen LogP contribution in [0.3, 0.4) is 0 Å². The molecular formula is C22H30N2O2. The molecule has 26 heavy (non-hydrogen) atoms. The second-order valence-electron chi connectivity index (χ2n) is 8.03. The first kappa shape index (κ1) is 17.8. The molecule has 0 bridgehead atoms. The maximum atomic E-state index is 5.52. The highest BCUT2D eigenvalue weighted by molar-refractivity contribution is 5.91. The normalized spacial score (nSPS) is 19.8. The van der Waals surface area contributed by atoms with Gasteiger partial charge in [-0.1, -0.05) is 30.3 Å². The summed E-state index contributed by atoms with van der Waals surface area (Å²) >= 11 is 0. The van der Waals surface area contributed by atoms with E-state index in [9.17, 15) is 0 Å². The van der Waals surface area contributed by atoms with Gasteiger partial charge in [-0.25, -0.2) is 0 Å². The zero-order valence-electron chi connectivity index (χ0n) is 16.0. The molecule has 2 aliphatic rings. The summed E-state index contributed by atoms with van der Waals surface area (Å²) in [6.07, 6.45) is 2.49. The molecule has 0 radical (unpaired) electrons. The molecule has 0 aromatic heterocycles. The van der Waals surface area contributed by atoms with Crippen LogP contribution < -0.4 is 4.74 Å². The average molecular weight is 354 g/mol. The summed E-state index contributed by atoms with van der Waals surface area (Å²) in [6, 6.07) is 12.8. The van der Waals surface area contributed by atoms with E-state index in [1.165, 1.54) is 42.3 Å². The van der Waals surface area contributed by atoms with Crippen molar-refractivity contribution >= 4 is 10.8 Å². The number of nitrogens with zero attached hydrogens (tertiary/aromatic N) is 2. The van der Waals surface area contributed by atoms with Crippen LogP contribution in [0.1, 0.15) is 18.4 Å². The van der Waals surface area contributed by atoms with Crippen LogP contribution in [0.2, 0.25) is 0 Å². The highest BCUT2D eigenvalue weighted by Gasteiger charge is 2.43. The zero-order valence-corrected chi connectivity index (χ0v) is 16.0. The van der Waals surface area contributed by atoms with Gasteiger partial charge in [0.15, 0.2) is 0 Å². The summed E-state index contributed by atoms with van der Waals surface area (Å²) < 4.78 is 11.0. The molecule has 2 aliphatic heterocycles. The second kappa shape index (κ2) is 7.55. The maximum Gasteiger partial charge on any atom is 0.126 e. The van der Waals surface area contributed by atoms with E-state index >= 15 is 0 Å². The van der Waals surface area contributed by atoms with Gasteiger partial charge in [-0.15, -0.1) is 0 Å². The number of methoxy groups -OCH3 is 1. The van der Waals surface area contributed by atoms with Crippen molar-refractivity contribution in [2.24, 2.45) is 5.41 Å². The standard InChI is InChI=1S/C22H30N2O2/c1-23(11-12-24-16-22(17-24)9-13-26-14-10-22)15-18-7-8-21(25-2)20-6-4-3-5-19(18)20/h3-8H,9-17H2,1-2H3. The van der Waals surface area contributed by atoms with E-state index < -0.39 is 0 Å². The quantitative estimate of drug-likeness (QED) is 0.794. The van der Waals surface area contributed by atoms with E-state index in [-0.39, 0.29) is 0 Å². The number of hydrogen-bond donors (Lipinski definition) is 0. The number of likely N-dealkylation sites (N-methyl/N-ethyl adjacent to an activating group) is 1. The predicted molar refractivity (Wildman–Crippen MR) is 106 cm³/mol. The van der Waals surface area contributed by atoms with Crippen molar-refractivity contribution in [1.29, 1.82) is 0 Å². The lowest BCUT2D eigenvalue weighted by Crippen LogP contribution is -2.59. The van der Waals surface area contributed by atoms with Crippen LogP contribution in [-0.2, 0) is 11.3 Å². The number of likely N-dealkylation sites (tertiary alicyclic amines) is 1. The Kier molecular flexibility index (Phi) is 5.16. The lowest BCUT2D eigenvalue weighted by Gasteiger charge is -2.52. The lowest BCUT2D eigenvalue weighted by molar-refractivity contribution is -0.0818. The molecule has 2 aromatic carbocycles. The van der Waals surface area contributed by atoms with Crippen LogP contribution in [0.25, 0.3) is 10.8 Å². The molecule has 0 unspecified atom stereocenters. The molecule has 4 nitrogen and oxygen atoms in total. The van der Waals surface area contributed by atoms with Crippen molar-refractivity contribution in [3.63, 3.8) is 0 Å². The molecule has 1 spiro atoms. The molecule has 4 heteroatoms. The first-order chi connectivity index (χ1) is 12.7. The van der Waals surface area contributed by atoms with Crippen LogP contribution in [0, 0.1) is 5.41 Å². The molecule has 4 rings (SSSR count). The third-order valence-electron chi connectivity index (χ3n) is 6.10. The molecule has 2 fully saturated rings. The smallest absolute Gasteiger partial charge is 0.126 e. The Balaban J connectivity index is 1.33. The van der Waals surface area contributed by atoms with Gasteiger partial charge in [0.1, 0.15) is 5.75 Å². The molecule has 2 aromatic rings. The maximum absolute atomic E-state index is 5.52. The third kappa shape index (κ3) is 3.59. The average Bonchev–Trinajstić information content (AvgIpc) is 2.66. The van der Waals surface area contributed by atoms with Crippen LogP contribution in [-0.4, -0.2) is 63.4 Å². The Morgan fingerprint density at radius 3 is 2.54 bits per heavy atom. The largest absolute Gasteiger partial charge is 0.496 e. The number of fused-ring (bicyclic) bond motifs is 1. The molecule has 2 heterocycles. The highest BCUT2D eigenvalue weighted by atomic mass is 16.5. The van der Waals surface area contributed by atoms with Crippen LogP contribution in [0.15, 0.2) is 36.4 Å². The van der Waals surface area contributed by atoms with Crippen LogP contribution >= 0.6 is 0 Å². The Morgan fingerprint density at radius 2 is 1.81 bits per heavy atom. The molecular weight excluding hydrogens is 324 g/mol. The topological polar surface area (TPSA) is 24.9 Å². The van der Waals surface area contributed by atoms with Gasteiger partial charge >= 0.3 is 0 Å². The molecule has 0 aliphatic carbocycles. The minimum atomic E-state index is 0.572. The van der Waals surface area contributed by atoms with Crippen molar-refractivity contribution in [3.05, 3.63) is 42.0 Å². The number of benzene rings is 2. The summed E-state index contributed by atoms with van der Waals surface area (Å²) in [6.45, 7) is 7.67. The Bertz CT molecular complexity index is 747. The first-order valence-electron chi connectivity index (χ1n) is 9.72. The first-order valence-corrected chi connectivity index (χ1v) is 9.72. The van der Waals surface area contributed by atoms with Gasteiger partial charge in [-0.3, -0.25) is 0 Å². The van der Waals surface area contributed by atoms with Gasteiger partial charge in [0.2, 0.25) is 0 Å². The summed E-state index contributed by atoms with van der Waals surface area (Å²) in [5, 5.41) is 2.49. The minimum absolute atomic E-state index is 0.572. The van der Waals surface area contributed by atoms with Gasteiger partial charge in [-0.2, -0.15) is 0 Å². The van der Waals surface area contributed by atoms with Crippen molar-refractivity contribution in [3.8, 4) is 5.75 Å². The molecule has 0 N–H and O–H groups in total. The Labute approximate surface area is 156 Å². The molecule has 140 valence electrons. The minimum Gasteiger partial charge on any atom is -0.496 e. The molecule has 0 saturated carbocycles. The summed E-state index contributed by atoms with van der Waals surface area (Å²) in [5.74, 6) is 0.953. The van der Waals surface area contributed by atoms with Crippen molar-refractivity contribution in [2.45, 2.75) is 19.4 Å². The highest BCUT2D eigenvalue weighted by Crippen LogP contribution is 2.39. The second-order valence-corrected chi connectivity index (χ2v) is 8.03. The lowest BCUT2D eigenvalue weighted by atomic mass is 9.73. The third-order valence-corrected chi connectivity index (χ3v) is 6.10. The monoisotopic (exact) mass is 354 g/mol. The van der Waals surface area contributed by atoms with Gasteiger partial charge in [0, 0.05) is 56.7 Å². The SMILES string of the molecule is COc1ccc(CN(C)CCN2CC3(CCOCC3)C2)c2ccccc12. The number of hydrogen-bond acceptors (Lipinski definition) is 4. The van der Waals surface area contributed by atoms with E-state index in [1.807, 2.05) is 0 Å². The molecule has 0 atom stereocenters. The van der Waals surface area contributed by atoms with Crippen LogP contribution in [0.5, 0.6) is 5.75 Å². The van der Waals surface area contributed by atoms with Gasteiger partial charge in [-0.05, 0) is 36.9 Å².